The van der Waals surface area contributed by atoms with E-state index in [0.29, 0.717) is 0 Å². The number of pyridine rings is 3. The number of hydrogen-bond acceptors (Lipinski definition) is 0. The molecule has 0 saturated carbocycles. The number of aryl methyl sites for hydroxylation is 3. The summed E-state index contributed by atoms with van der Waals surface area (Å²) in [7, 11) is 0. The van der Waals surface area contributed by atoms with Crippen LogP contribution in [0.15, 0.2) is 91.8 Å². The van der Waals surface area contributed by atoms with Crippen molar-refractivity contribution in [2.45, 2.75) is 195 Å². The summed E-state index contributed by atoms with van der Waals surface area (Å²) in [6.07, 6.45) is 46.5. The standard InChI is InChI=1S/3C15H26N.3HI/c3*1-2-3-4-5-6-7-8-10-13-16-14-11-9-12-15-16;;;/h3*9,11-12,14-15H,2-8,10,13H2,1H3;3*1H/q3*+1;;;/p-3. The van der Waals surface area contributed by atoms with Crippen LogP contribution in [0.2, 0.25) is 0 Å². The first-order valence-electron chi connectivity index (χ1n) is 20.6. The van der Waals surface area contributed by atoms with Gasteiger partial charge in [-0.3, -0.25) is 0 Å². The quantitative estimate of drug-likeness (QED) is 0.0632. The van der Waals surface area contributed by atoms with Crippen LogP contribution in [-0.2, 0) is 19.6 Å². The first-order valence-corrected chi connectivity index (χ1v) is 20.6. The molecule has 0 radical (unpaired) electrons. The Balaban J connectivity index is -0.000000658. The highest BCUT2D eigenvalue weighted by molar-refractivity contribution is 4.84. The highest BCUT2D eigenvalue weighted by atomic mass is 127. The summed E-state index contributed by atoms with van der Waals surface area (Å²) >= 11 is 0. The zero-order chi connectivity index (χ0) is 34.4. The van der Waals surface area contributed by atoms with Gasteiger partial charge in [0.05, 0.1) is 0 Å². The number of nitrogens with zero attached hydrogens (tertiary/aromatic N) is 3. The predicted octanol–water partition coefficient (Wildman–Crippen LogP) is 3.36. The van der Waals surface area contributed by atoms with E-state index in [1.54, 1.807) is 0 Å². The fourth-order valence-electron chi connectivity index (χ4n) is 6.03. The van der Waals surface area contributed by atoms with Gasteiger partial charge in [-0.2, -0.15) is 0 Å². The molecule has 0 aliphatic carbocycles. The second kappa shape index (κ2) is 45.8. The largest absolute Gasteiger partial charge is 1.00 e. The van der Waals surface area contributed by atoms with Gasteiger partial charge < -0.3 is 71.9 Å². The average molecular weight is 1040 g/mol. The molecule has 0 N–H and O–H groups in total. The highest BCUT2D eigenvalue weighted by Gasteiger charge is 2.00. The van der Waals surface area contributed by atoms with Crippen LogP contribution in [0.25, 0.3) is 0 Å². The molecule has 0 aliphatic rings. The summed E-state index contributed by atoms with van der Waals surface area (Å²) in [6, 6.07) is 18.8. The van der Waals surface area contributed by atoms with Gasteiger partial charge in [0, 0.05) is 55.7 Å². The molecule has 0 spiro atoms. The molecule has 3 rings (SSSR count). The third-order valence-corrected chi connectivity index (χ3v) is 9.14. The van der Waals surface area contributed by atoms with E-state index in [-0.39, 0.29) is 71.9 Å². The van der Waals surface area contributed by atoms with Crippen LogP contribution in [0.3, 0.4) is 0 Å². The van der Waals surface area contributed by atoms with Crippen LogP contribution in [0, 0.1) is 0 Å². The van der Waals surface area contributed by atoms with Crippen LogP contribution in [0.1, 0.15) is 175 Å². The molecule has 0 fully saturated rings. The SMILES string of the molecule is CCCCCCCCCC[n+]1ccccc1.CCCCCCCCCC[n+]1ccccc1.CCCCCCCCCC[n+]1ccccc1.[I-].[I-].[I-]. The van der Waals surface area contributed by atoms with Gasteiger partial charge in [-0.1, -0.05) is 155 Å². The lowest BCUT2D eigenvalue weighted by Gasteiger charge is -2.00. The van der Waals surface area contributed by atoms with E-state index >= 15 is 0 Å². The Morgan fingerprint density at radius 1 is 0.235 bits per heavy atom. The summed E-state index contributed by atoms with van der Waals surface area (Å²) < 4.78 is 6.82. The Hall–Kier alpha value is -0.360. The van der Waals surface area contributed by atoms with Gasteiger partial charge in [-0.25, -0.2) is 13.7 Å². The van der Waals surface area contributed by atoms with Crippen molar-refractivity contribution >= 4 is 0 Å². The summed E-state index contributed by atoms with van der Waals surface area (Å²) in [5.41, 5.74) is 0. The molecule has 0 amide bonds. The topological polar surface area (TPSA) is 11.6 Å². The monoisotopic (exact) mass is 1040 g/mol. The minimum atomic E-state index is 0. The smallest absolute Gasteiger partial charge is 0.168 e. The number of aromatic nitrogens is 3. The van der Waals surface area contributed by atoms with Gasteiger partial charge in [0.25, 0.3) is 0 Å². The van der Waals surface area contributed by atoms with Gasteiger partial charge in [-0.15, -0.1) is 0 Å². The van der Waals surface area contributed by atoms with Crippen LogP contribution in [0.5, 0.6) is 0 Å². The Morgan fingerprint density at radius 3 is 0.608 bits per heavy atom. The fraction of sp³-hybridized carbons (Fsp3) is 0.667. The van der Waals surface area contributed by atoms with Crippen molar-refractivity contribution in [3.8, 4) is 0 Å². The van der Waals surface area contributed by atoms with Gasteiger partial charge >= 0.3 is 0 Å². The molecule has 0 atom stereocenters. The van der Waals surface area contributed by atoms with Crippen molar-refractivity contribution in [3.05, 3.63) is 91.8 Å². The molecule has 51 heavy (non-hydrogen) atoms. The molecule has 3 aromatic rings. The maximum atomic E-state index is 2.27. The van der Waals surface area contributed by atoms with Crippen molar-refractivity contribution in [1.29, 1.82) is 0 Å². The Labute approximate surface area is 368 Å². The molecule has 6 heteroatoms. The molecule has 0 saturated heterocycles. The summed E-state index contributed by atoms with van der Waals surface area (Å²) in [5.74, 6) is 0. The van der Waals surface area contributed by atoms with Crippen molar-refractivity contribution in [2.24, 2.45) is 0 Å². The Kier molecular flexibility index (Phi) is 49.4. The molecule has 294 valence electrons. The number of rotatable bonds is 27. The minimum Gasteiger partial charge on any atom is -1.00 e. The number of hydrogen-bond donors (Lipinski definition) is 0. The van der Waals surface area contributed by atoms with Gasteiger partial charge in [-0.05, 0) is 19.3 Å². The minimum absolute atomic E-state index is 0. The van der Waals surface area contributed by atoms with Crippen LogP contribution in [-0.4, -0.2) is 0 Å². The van der Waals surface area contributed by atoms with E-state index in [1.807, 2.05) is 0 Å². The predicted molar refractivity (Wildman–Crippen MR) is 208 cm³/mol. The molecule has 3 nitrogen and oxygen atoms in total. The van der Waals surface area contributed by atoms with Crippen LogP contribution >= 0.6 is 0 Å². The molecule has 0 aliphatic heterocycles. The lowest BCUT2D eigenvalue weighted by Crippen LogP contribution is -3.00. The maximum absolute atomic E-state index is 2.27. The molecule has 3 aromatic heterocycles. The van der Waals surface area contributed by atoms with Crippen molar-refractivity contribution < 1.29 is 85.6 Å². The van der Waals surface area contributed by atoms with E-state index in [4.69, 9.17) is 0 Å². The Morgan fingerprint density at radius 2 is 0.412 bits per heavy atom. The van der Waals surface area contributed by atoms with Gasteiger partial charge in [0.1, 0.15) is 19.6 Å². The molecule has 0 unspecified atom stereocenters. The normalized spacial score (nSPS) is 9.94. The highest BCUT2D eigenvalue weighted by Crippen LogP contribution is 2.10. The third-order valence-electron chi connectivity index (χ3n) is 9.14. The van der Waals surface area contributed by atoms with Gasteiger partial charge in [0.15, 0.2) is 37.2 Å². The zero-order valence-electron chi connectivity index (χ0n) is 33.2. The average Bonchev–Trinajstić information content (AvgIpc) is 3.13. The van der Waals surface area contributed by atoms with Crippen LogP contribution in [0.4, 0.5) is 0 Å². The molecular formula is C45H78I3N3. The fourth-order valence-corrected chi connectivity index (χ4v) is 6.03. The summed E-state index contributed by atoms with van der Waals surface area (Å²) in [4.78, 5) is 0. The zero-order valence-corrected chi connectivity index (χ0v) is 39.7. The second-order valence-corrected chi connectivity index (χ2v) is 13.8. The van der Waals surface area contributed by atoms with E-state index in [9.17, 15) is 0 Å². The number of unbranched alkanes of at least 4 members (excludes halogenated alkanes) is 21. The molecule has 0 aromatic carbocycles. The lowest BCUT2D eigenvalue weighted by molar-refractivity contribution is -0.697. The summed E-state index contributed by atoms with van der Waals surface area (Å²) in [5, 5.41) is 0. The molecule has 3 heterocycles. The third kappa shape index (κ3) is 39.2. The van der Waals surface area contributed by atoms with E-state index in [2.05, 4.69) is 126 Å². The van der Waals surface area contributed by atoms with E-state index < -0.39 is 0 Å². The van der Waals surface area contributed by atoms with Crippen molar-refractivity contribution in [1.82, 2.24) is 0 Å². The lowest BCUT2D eigenvalue weighted by atomic mass is 10.1. The van der Waals surface area contributed by atoms with E-state index in [0.717, 1.165) is 0 Å². The first-order chi connectivity index (χ1) is 23.8. The maximum Gasteiger partial charge on any atom is 0.168 e. The molecule has 0 bridgehead atoms. The first kappa shape index (κ1) is 55.0. The van der Waals surface area contributed by atoms with Crippen molar-refractivity contribution in [3.63, 3.8) is 0 Å². The van der Waals surface area contributed by atoms with E-state index in [1.165, 1.54) is 174 Å². The molecular weight excluding hydrogens is 963 g/mol. The second-order valence-electron chi connectivity index (χ2n) is 13.8. The summed E-state index contributed by atoms with van der Waals surface area (Å²) in [6.45, 7) is 10.4. The van der Waals surface area contributed by atoms with Gasteiger partial charge in [0.2, 0.25) is 0 Å². The number of halogens is 3. The van der Waals surface area contributed by atoms with Crippen molar-refractivity contribution in [2.75, 3.05) is 0 Å². The van der Waals surface area contributed by atoms with Crippen LogP contribution < -0.4 is 85.6 Å². The Bertz CT molecular complexity index is 877.